The largest absolute Gasteiger partial charge is 0.330 e. The number of amides is 1. The summed E-state index contributed by atoms with van der Waals surface area (Å²) in [5.74, 6) is 0.516. The van der Waals surface area contributed by atoms with Gasteiger partial charge in [0.05, 0.1) is 11.3 Å². The van der Waals surface area contributed by atoms with Crippen LogP contribution < -0.4 is 11.1 Å². The maximum atomic E-state index is 12.2. The Morgan fingerprint density at radius 2 is 2.10 bits per heavy atom. The van der Waals surface area contributed by atoms with Gasteiger partial charge in [-0.2, -0.15) is 5.26 Å². The van der Waals surface area contributed by atoms with Gasteiger partial charge in [-0.1, -0.05) is 11.6 Å². The van der Waals surface area contributed by atoms with Crippen LogP contribution in [0.4, 0.5) is 5.69 Å². The minimum Gasteiger partial charge on any atom is -0.330 e. The van der Waals surface area contributed by atoms with E-state index in [9.17, 15) is 4.79 Å². The molecule has 0 unspecified atom stereocenters. The summed E-state index contributed by atoms with van der Waals surface area (Å²) < 4.78 is 0. The van der Waals surface area contributed by atoms with Crippen molar-refractivity contribution in [3.05, 3.63) is 28.8 Å². The number of halogens is 1. The van der Waals surface area contributed by atoms with Crippen molar-refractivity contribution in [2.75, 3.05) is 11.9 Å². The van der Waals surface area contributed by atoms with E-state index in [2.05, 4.69) is 11.4 Å². The summed E-state index contributed by atoms with van der Waals surface area (Å²) in [5, 5.41) is 12.4. The van der Waals surface area contributed by atoms with Crippen LogP contribution >= 0.6 is 11.6 Å². The molecule has 106 valence electrons. The van der Waals surface area contributed by atoms with Crippen molar-refractivity contribution in [1.29, 1.82) is 5.26 Å². The Labute approximate surface area is 123 Å². The first-order valence-corrected chi connectivity index (χ1v) is 7.22. The van der Waals surface area contributed by atoms with Gasteiger partial charge < -0.3 is 11.1 Å². The summed E-state index contributed by atoms with van der Waals surface area (Å²) in [6.45, 7) is 0.696. The van der Waals surface area contributed by atoms with E-state index in [0.29, 0.717) is 28.7 Å². The zero-order chi connectivity index (χ0) is 14.5. The number of nitrogens with two attached hydrogens (primary N) is 1. The molecule has 4 nitrogen and oxygen atoms in total. The molecule has 20 heavy (non-hydrogen) atoms. The lowest BCUT2D eigenvalue weighted by Gasteiger charge is -2.26. The standard InChI is InChI=1S/C15H18ClN3O/c16-13-6-5-12(9-18)14(7-13)19-15(20)11-3-1-10(8-17)2-4-11/h5-7,10-11H,1-4,8,17H2,(H,19,20). The normalized spacial score (nSPS) is 22.1. The molecule has 0 aromatic heterocycles. The van der Waals surface area contributed by atoms with E-state index in [1.165, 1.54) is 0 Å². The highest BCUT2D eigenvalue weighted by molar-refractivity contribution is 6.31. The van der Waals surface area contributed by atoms with Gasteiger partial charge >= 0.3 is 0 Å². The third kappa shape index (κ3) is 3.50. The average Bonchev–Trinajstić information content (AvgIpc) is 2.47. The second kappa shape index (κ2) is 6.74. The van der Waals surface area contributed by atoms with Crippen LogP contribution in [0.5, 0.6) is 0 Å². The van der Waals surface area contributed by atoms with E-state index in [-0.39, 0.29) is 11.8 Å². The topological polar surface area (TPSA) is 78.9 Å². The monoisotopic (exact) mass is 291 g/mol. The zero-order valence-corrected chi connectivity index (χ0v) is 12.0. The second-order valence-electron chi connectivity index (χ2n) is 5.24. The smallest absolute Gasteiger partial charge is 0.227 e. The van der Waals surface area contributed by atoms with Crippen LogP contribution in [0, 0.1) is 23.2 Å². The van der Waals surface area contributed by atoms with Crippen molar-refractivity contribution in [2.24, 2.45) is 17.6 Å². The molecular weight excluding hydrogens is 274 g/mol. The minimum absolute atomic E-state index is 0.00308. The molecule has 0 radical (unpaired) electrons. The van der Waals surface area contributed by atoms with Crippen LogP contribution in [0.1, 0.15) is 31.2 Å². The Bertz CT molecular complexity index is 530. The molecule has 3 N–H and O–H groups in total. The number of nitrogens with zero attached hydrogens (tertiary/aromatic N) is 1. The number of anilines is 1. The van der Waals surface area contributed by atoms with Gasteiger partial charge in [0.1, 0.15) is 6.07 Å². The molecule has 1 amide bonds. The highest BCUT2D eigenvalue weighted by atomic mass is 35.5. The van der Waals surface area contributed by atoms with Crippen LogP contribution in [-0.4, -0.2) is 12.5 Å². The van der Waals surface area contributed by atoms with Gasteiger partial charge in [0.2, 0.25) is 5.91 Å². The Morgan fingerprint density at radius 1 is 1.40 bits per heavy atom. The van der Waals surface area contributed by atoms with E-state index in [0.717, 1.165) is 25.7 Å². The first-order chi connectivity index (χ1) is 9.63. The van der Waals surface area contributed by atoms with Gasteiger partial charge in [0, 0.05) is 10.9 Å². The second-order valence-corrected chi connectivity index (χ2v) is 5.68. The summed E-state index contributed by atoms with van der Waals surface area (Å²) >= 11 is 5.91. The van der Waals surface area contributed by atoms with Crippen LogP contribution in [0.3, 0.4) is 0 Å². The Balaban J connectivity index is 2.02. The number of carbonyl (C=O) groups excluding carboxylic acids is 1. The quantitative estimate of drug-likeness (QED) is 0.898. The number of hydrogen-bond acceptors (Lipinski definition) is 3. The van der Waals surface area contributed by atoms with Crippen LogP contribution in [0.2, 0.25) is 5.02 Å². The molecular formula is C15H18ClN3O. The SMILES string of the molecule is N#Cc1ccc(Cl)cc1NC(=O)C1CCC(CN)CC1. The third-order valence-electron chi connectivity index (χ3n) is 3.91. The predicted molar refractivity (Wildman–Crippen MR) is 79.3 cm³/mol. The number of rotatable bonds is 3. The van der Waals surface area contributed by atoms with E-state index < -0.39 is 0 Å². The number of benzene rings is 1. The van der Waals surface area contributed by atoms with Gasteiger partial charge in [-0.3, -0.25) is 4.79 Å². The van der Waals surface area contributed by atoms with E-state index in [1.54, 1.807) is 18.2 Å². The maximum absolute atomic E-state index is 12.2. The minimum atomic E-state index is -0.0285. The Hall–Kier alpha value is -1.57. The maximum Gasteiger partial charge on any atom is 0.227 e. The number of carbonyl (C=O) groups is 1. The lowest BCUT2D eigenvalue weighted by Crippen LogP contribution is -2.29. The van der Waals surface area contributed by atoms with Gasteiger partial charge in [-0.25, -0.2) is 0 Å². The molecule has 0 heterocycles. The van der Waals surface area contributed by atoms with Crippen molar-refractivity contribution < 1.29 is 4.79 Å². The van der Waals surface area contributed by atoms with Gasteiger partial charge in [0.15, 0.2) is 0 Å². The lowest BCUT2D eigenvalue weighted by atomic mass is 9.81. The highest BCUT2D eigenvalue weighted by Crippen LogP contribution is 2.29. The summed E-state index contributed by atoms with van der Waals surface area (Å²) in [7, 11) is 0. The summed E-state index contributed by atoms with van der Waals surface area (Å²) in [6.07, 6.45) is 3.71. The molecule has 1 fully saturated rings. The fourth-order valence-electron chi connectivity index (χ4n) is 2.61. The molecule has 0 aliphatic heterocycles. The van der Waals surface area contributed by atoms with E-state index >= 15 is 0 Å². The predicted octanol–water partition coefficient (Wildman–Crippen LogP) is 2.92. The fraction of sp³-hybridized carbons (Fsp3) is 0.467. The third-order valence-corrected chi connectivity index (χ3v) is 4.15. The Kier molecular flexibility index (Phi) is 4.99. The van der Waals surface area contributed by atoms with Crippen LogP contribution in [0.15, 0.2) is 18.2 Å². The van der Waals surface area contributed by atoms with Gasteiger partial charge in [0.25, 0.3) is 0 Å². The summed E-state index contributed by atoms with van der Waals surface area (Å²) in [5.41, 5.74) is 6.57. The molecule has 1 aromatic rings. The molecule has 5 heteroatoms. The van der Waals surface area contributed by atoms with Crippen molar-refractivity contribution in [1.82, 2.24) is 0 Å². The number of nitrogens with one attached hydrogen (secondary N) is 1. The molecule has 2 rings (SSSR count). The Morgan fingerprint density at radius 3 is 2.70 bits per heavy atom. The first-order valence-electron chi connectivity index (χ1n) is 6.84. The van der Waals surface area contributed by atoms with Crippen LogP contribution in [-0.2, 0) is 4.79 Å². The molecule has 0 atom stereocenters. The highest BCUT2D eigenvalue weighted by Gasteiger charge is 2.26. The lowest BCUT2D eigenvalue weighted by molar-refractivity contribution is -0.121. The summed E-state index contributed by atoms with van der Waals surface area (Å²) in [6, 6.07) is 6.93. The number of hydrogen-bond donors (Lipinski definition) is 2. The molecule has 1 aliphatic carbocycles. The average molecular weight is 292 g/mol. The number of nitriles is 1. The molecule has 1 aliphatic rings. The summed E-state index contributed by atoms with van der Waals surface area (Å²) in [4.78, 5) is 12.2. The van der Waals surface area contributed by atoms with Crippen molar-refractivity contribution in [3.63, 3.8) is 0 Å². The van der Waals surface area contributed by atoms with E-state index in [4.69, 9.17) is 22.6 Å². The molecule has 1 saturated carbocycles. The molecule has 1 aromatic carbocycles. The van der Waals surface area contributed by atoms with Gasteiger partial charge in [-0.05, 0) is 56.3 Å². The molecule has 0 spiro atoms. The molecule has 0 saturated heterocycles. The van der Waals surface area contributed by atoms with E-state index in [1.807, 2.05) is 0 Å². The molecule has 0 bridgehead atoms. The van der Waals surface area contributed by atoms with Crippen molar-refractivity contribution in [3.8, 4) is 6.07 Å². The first kappa shape index (κ1) is 14.8. The van der Waals surface area contributed by atoms with Gasteiger partial charge in [-0.15, -0.1) is 0 Å². The van der Waals surface area contributed by atoms with Crippen molar-refractivity contribution in [2.45, 2.75) is 25.7 Å². The van der Waals surface area contributed by atoms with Crippen LogP contribution in [0.25, 0.3) is 0 Å². The fourth-order valence-corrected chi connectivity index (χ4v) is 2.78. The zero-order valence-electron chi connectivity index (χ0n) is 11.2. The van der Waals surface area contributed by atoms with Crippen molar-refractivity contribution >= 4 is 23.2 Å².